The Morgan fingerprint density at radius 3 is 2.84 bits per heavy atom. The van der Waals surface area contributed by atoms with Gasteiger partial charge in [0.05, 0.1) is 15.2 Å². The number of nitrogen functional groups attached to an aromatic ring is 1. The van der Waals surface area contributed by atoms with Gasteiger partial charge in [-0.2, -0.15) is 0 Å². The van der Waals surface area contributed by atoms with Crippen LogP contribution in [-0.4, -0.2) is 4.98 Å². The van der Waals surface area contributed by atoms with Crippen LogP contribution in [0.1, 0.15) is 10.6 Å². The van der Waals surface area contributed by atoms with Gasteiger partial charge in [0, 0.05) is 16.6 Å². The third-order valence-corrected chi connectivity index (χ3v) is 4.54. The van der Waals surface area contributed by atoms with Crippen LogP contribution in [0, 0.1) is 0 Å². The third-order valence-electron chi connectivity index (χ3n) is 2.97. The van der Waals surface area contributed by atoms with Gasteiger partial charge >= 0.3 is 0 Å². The number of rotatable bonds is 3. The van der Waals surface area contributed by atoms with Crippen molar-refractivity contribution in [2.24, 2.45) is 0 Å². The zero-order valence-electron chi connectivity index (χ0n) is 10.3. The molecule has 2 aromatic carbocycles. The average molecular weight is 333 g/mol. The second-order valence-corrected chi connectivity index (χ2v) is 6.50. The first-order valence-electron chi connectivity index (χ1n) is 6.10. The van der Waals surface area contributed by atoms with Crippen molar-refractivity contribution in [3.63, 3.8) is 0 Å². The van der Waals surface area contributed by atoms with Crippen molar-refractivity contribution in [1.29, 1.82) is 0 Å². The first-order valence-corrected chi connectivity index (χ1v) is 7.71. The topological polar surface area (TPSA) is 38.9 Å². The predicted molar refractivity (Wildman–Crippen MR) is 85.6 cm³/mol. The second kappa shape index (κ2) is 5.31. The van der Waals surface area contributed by atoms with Gasteiger partial charge in [-0.15, -0.1) is 11.3 Å². The van der Waals surface area contributed by atoms with Gasteiger partial charge in [-0.25, -0.2) is 4.98 Å². The first-order chi connectivity index (χ1) is 9.20. The van der Waals surface area contributed by atoms with Crippen LogP contribution in [-0.2, 0) is 12.8 Å². The summed E-state index contributed by atoms with van der Waals surface area (Å²) in [7, 11) is 0. The molecule has 96 valence electrons. The number of fused-ring (bicyclic) bond motifs is 1. The molecule has 0 aliphatic heterocycles. The van der Waals surface area contributed by atoms with Gasteiger partial charge in [0.2, 0.25) is 0 Å². The van der Waals surface area contributed by atoms with E-state index in [1.807, 2.05) is 24.3 Å². The molecule has 0 bridgehead atoms. The van der Waals surface area contributed by atoms with E-state index in [-0.39, 0.29) is 0 Å². The molecule has 0 aliphatic rings. The van der Waals surface area contributed by atoms with Crippen LogP contribution in [0.2, 0.25) is 0 Å². The molecular formula is C15H13BrN2S. The SMILES string of the molecule is Nc1cccc(CCc2nc3ccc(Br)cc3s2)c1. The van der Waals surface area contributed by atoms with Crippen LogP contribution in [0.3, 0.4) is 0 Å². The van der Waals surface area contributed by atoms with Crippen molar-refractivity contribution in [2.45, 2.75) is 12.8 Å². The minimum atomic E-state index is 0.825. The van der Waals surface area contributed by atoms with Gasteiger partial charge in [0.25, 0.3) is 0 Å². The minimum absolute atomic E-state index is 0.825. The maximum Gasteiger partial charge on any atom is 0.0941 e. The third kappa shape index (κ3) is 2.96. The number of benzene rings is 2. The van der Waals surface area contributed by atoms with E-state index < -0.39 is 0 Å². The average Bonchev–Trinajstić information content (AvgIpc) is 2.78. The Balaban J connectivity index is 1.78. The van der Waals surface area contributed by atoms with Crippen molar-refractivity contribution >= 4 is 43.2 Å². The van der Waals surface area contributed by atoms with E-state index in [9.17, 15) is 0 Å². The Hall–Kier alpha value is -1.39. The van der Waals surface area contributed by atoms with Gasteiger partial charge < -0.3 is 5.73 Å². The van der Waals surface area contributed by atoms with Crippen LogP contribution in [0.25, 0.3) is 10.2 Å². The lowest BCUT2D eigenvalue weighted by Gasteiger charge is -2.00. The summed E-state index contributed by atoms with van der Waals surface area (Å²) in [4.78, 5) is 4.66. The second-order valence-electron chi connectivity index (χ2n) is 4.46. The number of anilines is 1. The number of aromatic nitrogens is 1. The Labute approximate surface area is 124 Å². The van der Waals surface area contributed by atoms with Crippen molar-refractivity contribution in [1.82, 2.24) is 4.98 Å². The molecule has 0 amide bonds. The minimum Gasteiger partial charge on any atom is -0.399 e. The molecule has 1 heterocycles. The van der Waals surface area contributed by atoms with Crippen LogP contribution in [0.15, 0.2) is 46.9 Å². The van der Waals surface area contributed by atoms with Crippen molar-refractivity contribution < 1.29 is 0 Å². The van der Waals surface area contributed by atoms with Gasteiger partial charge in [0.1, 0.15) is 0 Å². The number of aryl methyl sites for hydroxylation is 2. The molecule has 0 unspecified atom stereocenters. The summed E-state index contributed by atoms with van der Waals surface area (Å²) < 4.78 is 2.34. The summed E-state index contributed by atoms with van der Waals surface area (Å²) in [6.45, 7) is 0. The number of thiazole rings is 1. The van der Waals surface area contributed by atoms with E-state index in [0.29, 0.717) is 0 Å². The molecule has 0 saturated carbocycles. The molecule has 2 nitrogen and oxygen atoms in total. The summed E-state index contributed by atoms with van der Waals surface area (Å²) in [6, 6.07) is 14.3. The van der Waals surface area contributed by atoms with Crippen molar-refractivity contribution in [3.05, 3.63) is 57.5 Å². The van der Waals surface area contributed by atoms with Gasteiger partial charge in [0.15, 0.2) is 0 Å². The summed E-state index contributed by atoms with van der Waals surface area (Å²) in [5.41, 5.74) is 8.96. The molecule has 4 heteroatoms. The fourth-order valence-electron chi connectivity index (χ4n) is 2.05. The Morgan fingerprint density at radius 2 is 2.00 bits per heavy atom. The molecular weight excluding hydrogens is 320 g/mol. The highest BCUT2D eigenvalue weighted by atomic mass is 79.9. The summed E-state index contributed by atoms with van der Waals surface area (Å²) in [6.07, 6.45) is 1.94. The molecule has 3 rings (SSSR count). The van der Waals surface area contributed by atoms with E-state index >= 15 is 0 Å². The standard InChI is InChI=1S/C15H13BrN2S/c16-11-5-6-13-14(9-11)19-15(18-13)7-4-10-2-1-3-12(17)8-10/h1-3,5-6,8-9H,4,7,17H2. The molecule has 0 atom stereocenters. The normalized spacial score (nSPS) is 11.0. The van der Waals surface area contributed by atoms with Gasteiger partial charge in [-0.1, -0.05) is 28.1 Å². The Morgan fingerprint density at radius 1 is 1.11 bits per heavy atom. The number of hydrogen-bond acceptors (Lipinski definition) is 3. The smallest absolute Gasteiger partial charge is 0.0941 e. The fourth-order valence-corrected chi connectivity index (χ4v) is 3.57. The summed E-state index contributed by atoms with van der Waals surface area (Å²) in [5, 5.41) is 1.18. The summed E-state index contributed by atoms with van der Waals surface area (Å²) >= 11 is 5.25. The highest BCUT2D eigenvalue weighted by Gasteiger charge is 2.04. The lowest BCUT2D eigenvalue weighted by Crippen LogP contribution is -1.92. The van der Waals surface area contributed by atoms with E-state index in [1.54, 1.807) is 11.3 Å². The highest BCUT2D eigenvalue weighted by Crippen LogP contribution is 2.26. The zero-order valence-corrected chi connectivity index (χ0v) is 12.7. The first kappa shape index (κ1) is 12.6. The fraction of sp³-hybridized carbons (Fsp3) is 0.133. The van der Waals surface area contributed by atoms with E-state index in [4.69, 9.17) is 5.73 Å². The van der Waals surface area contributed by atoms with Crippen molar-refractivity contribution in [2.75, 3.05) is 5.73 Å². The molecule has 0 spiro atoms. The van der Waals surface area contributed by atoms with Crippen LogP contribution < -0.4 is 5.73 Å². The van der Waals surface area contributed by atoms with E-state index in [2.05, 4.69) is 39.1 Å². The Bertz CT molecular complexity index is 721. The number of nitrogens with zero attached hydrogens (tertiary/aromatic N) is 1. The lowest BCUT2D eigenvalue weighted by atomic mass is 10.1. The summed E-state index contributed by atoms with van der Waals surface area (Å²) in [5.74, 6) is 0. The Kier molecular flexibility index (Phi) is 3.53. The number of nitrogens with two attached hydrogens (primary N) is 1. The largest absolute Gasteiger partial charge is 0.399 e. The maximum atomic E-state index is 5.79. The van der Waals surface area contributed by atoms with Crippen LogP contribution >= 0.6 is 27.3 Å². The molecule has 3 aromatic rings. The van der Waals surface area contributed by atoms with Crippen LogP contribution in [0.5, 0.6) is 0 Å². The lowest BCUT2D eigenvalue weighted by molar-refractivity contribution is 0.949. The van der Waals surface area contributed by atoms with Crippen LogP contribution in [0.4, 0.5) is 5.69 Å². The van der Waals surface area contributed by atoms with Crippen molar-refractivity contribution in [3.8, 4) is 0 Å². The quantitative estimate of drug-likeness (QED) is 0.720. The zero-order chi connectivity index (χ0) is 13.2. The maximum absolute atomic E-state index is 5.79. The van der Waals surface area contributed by atoms with Gasteiger partial charge in [-0.3, -0.25) is 0 Å². The molecule has 0 radical (unpaired) electrons. The predicted octanol–water partition coefficient (Wildman–Crippen LogP) is 4.43. The molecule has 0 saturated heterocycles. The molecule has 0 fully saturated rings. The molecule has 1 aromatic heterocycles. The van der Waals surface area contributed by atoms with Gasteiger partial charge in [-0.05, 0) is 42.3 Å². The number of hydrogen-bond donors (Lipinski definition) is 1. The molecule has 0 aliphatic carbocycles. The van der Waals surface area contributed by atoms with E-state index in [1.165, 1.54) is 15.3 Å². The molecule has 19 heavy (non-hydrogen) atoms. The number of halogens is 1. The van der Waals surface area contributed by atoms with E-state index in [0.717, 1.165) is 28.5 Å². The molecule has 2 N–H and O–H groups in total. The highest BCUT2D eigenvalue weighted by molar-refractivity contribution is 9.10. The monoisotopic (exact) mass is 332 g/mol.